The lowest BCUT2D eigenvalue weighted by molar-refractivity contribution is 0.145. The van der Waals surface area contributed by atoms with Crippen LogP contribution in [0.2, 0.25) is 5.02 Å². The molecule has 0 unspecified atom stereocenters. The van der Waals surface area contributed by atoms with Crippen LogP contribution in [0.25, 0.3) is 0 Å². The summed E-state index contributed by atoms with van der Waals surface area (Å²) in [5, 5.41) is 3.71. The van der Waals surface area contributed by atoms with E-state index in [1.807, 2.05) is 50.2 Å². The summed E-state index contributed by atoms with van der Waals surface area (Å²) in [5.41, 5.74) is 3.03. The number of urea groups is 1. The number of ether oxygens (including phenoxy) is 1. The number of nitrogens with one attached hydrogen (secondary N) is 1. The van der Waals surface area contributed by atoms with Crippen molar-refractivity contribution in [3.05, 3.63) is 64.4 Å². The molecule has 0 radical (unpaired) electrons. The first-order chi connectivity index (χ1) is 12.5. The van der Waals surface area contributed by atoms with Gasteiger partial charge >= 0.3 is 6.03 Å². The number of nitrogens with zero attached hydrogens (tertiary/aromatic N) is 2. The SMILES string of the molecule is COCCN(Cc1ccccc1Cl)C(=O)N[C@H](C)Cc1ncccc1C. The van der Waals surface area contributed by atoms with Gasteiger partial charge in [0.25, 0.3) is 0 Å². The molecule has 0 spiro atoms. The molecule has 0 fully saturated rings. The quantitative estimate of drug-likeness (QED) is 0.762. The highest BCUT2D eigenvalue weighted by Gasteiger charge is 2.18. The van der Waals surface area contributed by atoms with Crippen LogP contribution < -0.4 is 5.32 Å². The van der Waals surface area contributed by atoms with Crippen LogP contribution in [0.5, 0.6) is 0 Å². The fourth-order valence-electron chi connectivity index (χ4n) is 2.66. The van der Waals surface area contributed by atoms with E-state index in [2.05, 4.69) is 10.3 Å². The molecular formula is C20H26ClN3O2. The maximum Gasteiger partial charge on any atom is 0.317 e. The van der Waals surface area contributed by atoms with E-state index in [1.54, 1.807) is 18.2 Å². The largest absolute Gasteiger partial charge is 0.383 e. The Morgan fingerprint density at radius 3 is 2.77 bits per heavy atom. The molecule has 1 aromatic carbocycles. The average molecular weight is 376 g/mol. The number of halogens is 1. The Morgan fingerprint density at radius 2 is 2.08 bits per heavy atom. The minimum atomic E-state index is -0.136. The number of methoxy groups -OCH3 is 1. The minimum absolute atomic E-state index is 0.0348. The van der Waals surface area contributed by atoms with Crippen molar-refractivity contribution in [2.24, 2.45) is 0 Å². The van der Waals surface area contributed by atoms with Gasteiger partial charge in [0.1, 0.15) is 0 Å². The normalized spacial score (nSPS) is 11.8. The molecule has 0 saturated heterocycles. The van der Waals surface area contributed by atoms with E-state index in [4.69, 9.17) is 16.3 Å². The summed E-state index contributed by atoms with van der Waals surface area (Å²) in [6.07, 6.45) is 2.46. The lowest BCUT2D eigenvalue weighted by atomic mass is 10.1. The van der Waals surface area contributed by atoms with Crippen molar-refractivity contribution < 1.29 is 9.53 Å². The molecular weight excluding hydrogens is 350 g/mol. The zero-order valence-electron chi connectivity index (χ0n) is 15.5. The van der Waals surface area contributed by atoms with E-state index in [0.29, 0.717) is 31.1 Å². The van der Waals surface area contributed by atoms with Crippen LogP contribution in [0.4, 0.5) is 4.79 Å². The summed E-state index contributed by atoms with van der Waals surface area (Å²) >= 11 is 6.24. The van der Waals surface area contributed by atoms with Crippen LogP contribution in [-0.4, -0.2) is 42.2 Å². The second kappa shape index (κ2) is 10.1. The van der Waals surface area contributed by atoms with Crippen LogP contribution in [0, 0.1) is 6.92 Å². The first-order valence-corrected chi connectivity index (χ1v) is 9.07. The monoisotopic (exact) mass is 375 g/mol. The highest BCUT2D eigenvalue weighted by molar-refractivity contribution is 6.31. The maximum atomic E-state index is 12.7. The number of aromatic nitrogens is 1. The number of hydrogen-bond acceptors (Lipinski definition) is 3. The number of carbonyl (C=O) groups excluding carboxylic acids is 1. The van der Waals surface area contributed by atoms with Crippen LogP contribution in [0.15, 0.2) is 42.6 Å². The molecule has 2 amide bonds. The second-order valence-corrected chi connectivity index (χ2v) is 6.73. The molecule has 0 saturated carbocycles. The Hall–Kier alpha value is -2.11. The number of amides is 2. The van der Waals surface area contributed by atoms with Gasteiger partial charge in [-0.1, -0.05) is 35.9 Å². The van der Waals surface area contributed by atoms with Crippen molar-refractivity contribution in [1.82, 2.24) is 15.2 Å². The summed E-state index contributed by atoms with van der Waals surface area (Å²) in [4.78, 5) is 18.9. The van der Waals surface area contributed by atoms with Crippen LogP contribution in [-0.2, 0) is 17.7 Å². The first-order valence-electron chi connectivity index (χ1n) is 8.69. The summed E-state index contributed by atoms with van der Waals surface area (Å²) in [5.74, 6) is 0. The third kappa shape index (κ3) is 6.00. The molecule has 0 aliphatic carbocycles. The van der Waals surface area contributed by atoms with Crippen LogP contribution >= 0.6 is 11.6 Å². The number of aryl methyl sites for hydroxylation is 1. The highest BCUT2D eigenvalue weighted by atomic mass is 35.5. The van der Waals surface area contributed by atoms with E-state index in [1.165, 1.54) is 0 Å². The Bertz CT molecular complexity index is 724. The van der Waals surface area contributed by atoms with Crippen molar-refractivity contribution in [2.45, 2.75) is 32.9 Å². The van der Waals surface area contributed by atoms with E-state index in [-0.39, 0.29) is 12.1 Å². The third-order valence-electron chi connectivity index (χ3n) is 4.16. The van der Waals surface area contributed by atoms with E-state index < -0.39 is 0 Å². The van der Waals surface area contributed by atoms with Crippen molar-refractivity contribution >= 4 is 17.6 Å². The predicted molar refractivity (Wildman–Crippen MR) is 104 cm³/mol. The van der Waals surface area contributed by atoms with E-state index in [9.17, 15) is 4.79 Å². The topological polar surface area (TPSA) is 54.5 Å². The lowest BCUT2D eigenvalue weighted by Gasteiger charge is -2.25. The number of carbonyl (C=O) groups is 1. The zero-order valence-corrected chi connectivity index (χ0v) is 16.3. The number of pyridine rings is 1. The predicted octanol–water partition coefficient (Wildman–Crippen LogP) is 3.83. The second-order valence-electron chi connectivity index (χ2n) is 6.33. The third-order valence-corrected chi connectivity index (χ3v) is 4.53. The molecule has 0 aliphatic heterocycles. The molecule has 1 N–H and O–H groups in total. The molecule has 0 aliphatic rings. The summed E-state index contributed by atoms with van der Waals surface area (Å²) in [6, 6.07) is 11.3. The summed E-state index contributed by atoms with van der Waals surface area (Å²) in [7, 11) is 1.62. The van der Waals surface area contributed by atoms with Gasteiger partial charge in [-0.25, -0.2) is 4.79 Å². The molecule has 5 nitrogen and oxygen atoms in total. The van der Waals surface area contributed by atoms with Gasteiger partial charge in [0, 0.05) is 49.6 Å². The Morgan fingerprint density at radius 1 is 1.31 bits per heavy atom. The van der Waals surface area contributed by atoms with Gasteiger partial charge in [0.2, 0.25) is 0 Å². The smallest absolute Gasteiger partial charge is 0.317 e. The van der Waals surface area contributed by atoms with E-state index >= 15 is 0 Å². The van der Waals surface area contributed by atoms with Crippen molar-refractivity contribution in [3.63, 3.8) is 0 Å². The maximum absolute atomic E-state index is 12.7. The minimum Gasteiger partial charge on any atom is -0.383 e. The Labute approximate surface area is 160 Å². The fourth-order valence-corrected chi connectivity index (χ4v) is 2.86. The fraction of sp³-hybridized carbons (Fsp3) is 0.400. The molecule has 1 heterocycles. The molecule has 2 aromatic rings. The Balaban J connectivity index is 2.01. The lowest BCUT2D eigenvalue weighted by Crippen LogP contribution is -2.45. The van der Waals surface area contributed by atoms with Gasteiger partial charge in [0.05, 0.1) is 6.61 Å². The van der Waals surface area contributed by atoms with Gasteiger partial charge in [-0.05, 0) is 37.1 Å². The number of rotatable bonds is 8. The molecule has 6 heteroatoms. The summed E-state index contributed by atoms with van der Waals surface area (Å²) in [6.45, 7) is 5.40. The number of hydrogen-bond donors (Lipinski definition) is 1. The highest BCUT2D eigenvalue weighted by Crippen LogP contribution is 2.17. The van der Waals surface area contributed by atoms with Crippen molar-refractivity contribution in [3.8, 4) is 0 Å². The molecule has 140 valence electrons. The van der Waals surface area contributed by atoms with Gasteiger partial charge < -0.3 is 15.0 Å². The molecule has 0 bridgehead atoms. The van der Waals surface area contributed by atoms with Gasteiger partial charge in [-0.15, -0.1) is 0 Å². The van der Waals surface area contributed by atoms with Crippen molar-refractivity contribution in [1.29, 1.82) is 0 Å². The van der Waals surface area contributed by atoms with Crippen molar-refractivity contribution in [2.75, 3.05) is 20.3 Å². The standard InChI is InChI=1S/C20H26ClN3O2/c1-15-7-6-10-22-19(15)13-16(2)23-20(25)24(11-12-26-3)14-17-8-4-5-9-18(17)21/h4-10,16H,11-14H2,1-3H3,(H,23,25)/t16-/m1/s1. The Kier molecular flexibility index (Phi) is 7.88. The summed E-state index contributed by atoms with van der Waals surface area (Å²) < 4.78 is 5.14. The molecule has 2 rings (SSSR count). The average Bonchev–Trinajstić information content (AvgIpc) is 2.62. The van der Waals surface area contributed by atoms with Crippen LogP contribution in [0.1, 0.15) is 23.7 Å². The van der Waals surface area contributed by atoms with Gasteiger partial charge in [0.15, 0.2) is 0 Å². The zero-order chi connectivity index (χ0) is 18.9. The molecule has 1 atom stereocenters. The van der Waals surface area contributed by atoms with Gasteiger partial charge in [-0.3, -0.25) is 4.98 Å². The molecule has 26 heavy (non-hydrogen) atoms. The number of benzene rings is 1. The molecule has 1 aromatic heterocycles. The first kappa shape index (κ1) is 20.2. The van der Waals surface area contributed by atoms with Gasteiger partial charge in [-0.2, -0.15) is 0 Å². The van der Waals surface area contributed by atoms with Crippen LogP contribution in [0.3, 0.4) is 0 Å². The van der Waals surface area contributed by atoms with E-state index in [0.717, 1.165) is 16.8 Å².